The highest BCUT2D eigenvalue weighted by molar-refractivity contribution is 7.99. The number of anilines is 1. The minimum Gasteiger partial charge on any atom is -0.406 e. The van der Waals surface area contributed by atoms with Gasteiger partial charge in [-0.05, 0) is 48.5 Å². The molecule has 1 unspecified atom stereocenters. The zero-order chi connectivity index (χ0) is 24.7. The minimum absolute atomic E-state index is 0.0147. The summed E-state index contributed by atoms with van der Waals surface area (Å²) in [5.41, 5.74) is 1.11. The van der Waals surface area contributed by atoms with E-state index in [1.807, 2.05) is 0 Å². The number of thioether (sulfide) groups is 1. The molecule has 0 fully saturated rings. The van der Waals surface area contributed by atoms with Crippen molar-refractivity contribution in [3.63, 3.8) is 0 Å². The molecule has 35 heavy (non-hydrogen) atoms. The van der Waals surface area contributed by atoms with Crippen molar-refractivity contribution < 1.29 is 22.7 Å². The summed E-state index contributed by atoms with van der Waals surface area (Å²) in [6, 6.07) is 11.3. The molecule has 0 aliphatic carbocycles. The smallest absolute Gasteiger partial charge is 0.406 e. The molecule has 0 saturated heterocycles. The predicted octanol–water partition coefficient (Wildman–Crippen LogP) is 4.81. The number of halogens is 4. The first kappa shape index (κ1) is 23.2. The van der Waals surface area contributed by atoms with Crippen LogP contribution < -0.4 is 15.6 Å². The summed E-state index contributed by atoms with van der Waals surface area (Å²) >= 11 is 7.31. The molecule has 2 aromatic carbocycles. The molecule has 4 aromatic rings. The zero-order valence-corrected chi connectivity index (χ0v) is 19.2. The van der Waals surface area contributed by atoms with Crippen molar-refractivity contribution in [3.05, 3.63) is 70.1 Å². The van der Waals surface area contributed by atoms with Crippen molar-refractivity contribution in [2.24, 2.45) is 0 Å². The van der Waals surface area contributed by atoms with Crippen molar-refractivity contribution in [1.29, 1.82) is 0 Å². The number of hydrogen-bond donors (Lipinski definition) is 1. The number of nitrogens with one attached hydrogen (secondary N) is 1. The number of benzene rings is 2. The van der Waals surface area contributed by atoms with E-state index in [1.54, 1.807) is 28.9 Å². The van der Waals surface area contributed by atoms with Gasteiger partial charge in [0.25, 0.3) is 5.56 Å². The third-order valence-corrected chi connectivity index (χ3v) is 6.58. The maximum atomic E-state index is 13.2. The number of nitrogens with zero attached hydrogens (tertiary/aromatic N) is 4. The average Bonchev–Trinajstić information content (AvgIpc) is 3.40. The highest BCUT2D eigenvalue weighted by Crippen LogP contribution is 2.34. The number of amides is 1. The van der Waals surface area contributed by atoms with Gasteiger partial charge in [-0.1, -0.05) is 23.4 Å². The van der Waals surface area contributed by atoms with E-state index in [1.165, 1.54) is 34.7 Å². The highest BCUT2D eigenvalue weighted by atomic mass is 35.5. The van der Waals surface area contributed by atoms with Gasteiger partial charge in [0.2, 0.25) is 5.91 Å². The van der Waals surface area contributed by atoms with E-state index in [0.717, 1.165) is 12.1 Å². The Balaban J connectivity index is 1.34. The Bertz CT molecular complexity index is 1470. The number of fused-ring (bicyclic) bond motifs is 2. The fraction of sp³-hybridized carbons (Fsp3) is 0.182. The molecule has 0 spiro atoms. The molecule has 5 rings (SSSR count). The van der Waals surface area contributed by atoms with Gasteiger partial charge in [-0.3, -0.25) is 14.2 Å². The molecule has 8 nitrogen and oxygen atoms in total. The molecule has 13 heteroatoms. The third kappa shape index (κ3) is 4.84. The van der Waals surface area contributed by atoms with Gasteiger partial charge in [-0.25, -0.2) is 9.67 Å². The monoisotopic (exact) mass is 521 g/mol. The Hall–Kier alpha value is -3.51. The van der Waals surface area contributed by atoms with Crippen LogP contribution in [0.1, 0.15) is 12.5 Å². The number of rotatable bonds is 5. The topological polar surface area (TPSA) is 91.0 Å². The molecule has 180 valence electrons. The second kappa shape index (κ2) is 8.93. The van der Waals surface area contributed by atoms with Crippen LogP contribution in [0.3, 0.4) is 0 Å². The SMILES string of the molecule is O=C(CC1CSc2nc3c(cnn3-c3ccc(Cl)cc3)c(=O)n21)Nc1ccc(OC(F)(F)F)cc1. The third-order valence-electron chi connectivity index (χ3n) is 5.23. The lowest BCUT2D eigenvalue weighted by Crippen LogP contribution is -2.27. The van der Waals surface area contributed by atoms with E-state index < -0.39 is 24.1 Å². The van der Waals surface area contributed by atoms with Crippen LogP contribution in [0, 0.1) is 0 Å². The summed E-state index contributed by atoms with van der Waals surface area (Å²) in [5.74, 6) is -0.316. The fourth-order valence-corrected chi connectivity index (χ4v) is 4.97. The Morgan fingerprint density at radius 1 is 1.17 bits per heavy atom. The van der Waals surface area contributed by atoms with Gasteiger partial charge in [0.1, 0.15) is 11.1 Å². The Morgan fingerprint density at radius 3 is 2.57 bits per heavy atom. The summed E-state index contributed by atoms with van der Waals surface area (Å²) in [4.78, 5) is 30.4. The standard InChI is InChI=1S/C22H15ClF3N5O3S/c23-12-1-5-14(6-2-12)31-19-17(10-27-31)20(33)30-15(11-35-21(30)29-19)9-18(32)28-13-3-7-16(8-4-13)34-22(24,25)26/h1-8,10,15H,9,11H2,(H,28,32). The minimum atomic E-state index is -4.80. The van der Waals surface area contributed by atoms with E-state index >= 15 is 0 Å². The van der Waals surface area contributed by atoms with Crippen LogP contribution in [-0.4, -0.2) is 37.4 Å². The average molecular weight is 522 g/mol. The van der Waals surface area contributed by atoms with Crippen LogP contribution in [0.2, 0.25) is 5.02 Å². The quantitative estimate of drug-likeness (QED) is 0.379. The molecule has 3 heterocycles. The molecule has 0 saturated carbocycles. The van der Waals surface area contributed by atoms with Crippen LogP contribution >= 0.6 is 23.4 Å². The lowest BCUT2D eigenvalue weighted by molar-refractivity contribution is -0.274. The molecule has 0 bridgehead atoms. The van der Waals surface area contributed by atoms with E-state index in [-0.39, 0.29) is 12.0 Å². The molecule has 1 N–H and O–H groups in total. The van der Waals surface area contributed by atoms with E-state index in [2.05, 4.69) is 20.1 Å². The molecular formula is C22H15ClF3N5O3S. The van der Waals surface area contributed by atoms with E-state index in [9.17, 15) is 22.8 Å². The van der Waals surface area contributed by atoms with Crippen LogP contribution in [0.5, 0.6) is 5.75 Å². The summed E-state index contributed by atoms with van der Waals surface area (Å²) in [7, 11) is 0. The van der Waals surface area contributed by atoms with Crippen LogP contribution in [0.25, 0.3) is 16.7 Å². The maximum absolute atomic E-state index is 13.2. The largest absolute Gasteiger partial charge is 0.573 e. The molecule has 1 aliphatic heterocycles. The van der Waals surface area contributed by atoms with Gasteiger partial charge in [0.15, 0.2) is 10.8 Å². The zero-order valence-electron chi connectivity index (χ0n) is 17.6. The Morgan fingerprint density at radius 2 is 1.89 bits per heavy atom. The van der Waals surface area contributed by atoms with Crippen molar-refractivity contribution in [1.82, 2.24) is 19.3 Å². The van der Waals surface area contributed by atoms with E-state index in [0.29, 0.717) is 38.3 Å². The van der Waals surface area contributed by atoms with Gasteiger partial charge >= 0.3 is 6.36 Å². The second-order valence-electron chi connectivity index (χ2n) is 7.63. The number of hydrogen-bond acceptors (Lipinski definition) is 6. The van der Waals surface area contributed by atoms with Gasteiger partial charge in [0, 0.05) is 22.9 Å². The Labute approximate surface area is 204 Å². The highest BCUT2D eigenvalue weighted by Gasteiger charge is 2.31. The molecule has 2 aromatic heterocycles. The molecule has 1 amide bonds. The summed E-state index contributed by atoms with van der Waals surface area (Å²) in [6.45, 7) is 0. The maximum Gasteiger partial charge on any atom is 0.573 e. The van der Waals surface area contributed by atoms with Crippen molar-refractivity contribution in [2.45, 2.75) is 24.0 Å². The van der Waals surface area contributed by atoms with Crippen LogP contribution in [0.4, 0.5) is 18.9 Å². The number of carbonyl (C=O) groups excluding carboxylic acids is 1. The summed E-state index contributed by atoms with van der Waals surface area (Å²) in [5, 5.41) is 8.29. The van der Waals surface area contributed by atoms with Crippen molar-refractivity contribution in [3.8, 4) is 11.4 Å². The van der Waals surface area contributed by atoms with Crippen molar-refractivity contribution in [2.75, 3.05) is 11.1 Å². The van der Waals surface area contributed by atoms with Crippen molar-refractivity contribution >= 4 is 46.0 Å². The summed E-state index contributed by atoms with van der Waals surface area (Å²) in [6.07, 6.45) is -3.37. The number of ether oxygens (including phenoxy) is 1. The van der Waals surface area contributed by atoms with Gasteiger partial charge < -0.3 is 10.1 Å². The first-order chi connectivity index (χ1) is 16.7. The van der Waals surface area contributed by atoms with Gasteiger partial charge in [0.05, 0.1) is 17.9 Å². The van der Waals surface area contributed by atoms with Gasteiger partial charge in [-0.2, -0.15) is 5.10 Å². The number of carbonyl (C=O) groups is 1. The first-order valence-electron chi connectivity index (χ1n) is 10.2. The molecule has 1 atom stereocenters. The normalized spacial score (nSPS) is 15.3. The second-order valence-corrected chi connectivity index (χ2v) is 9.05. The number of aromatic nitrogens is 4. The molecular weight excluding hydrogens is 507 g/mol. The molecule has 0 radical (unpaired) electrons. The lowest BCUT2D eigenvalue weighted by Gasteiger charge is -2.14. The Kier molecular flexibility index (Phi) is 5.93. The first-order valence-corrected chi connectivity index (χ1v) is 11.6. The van der Waals surface area contributed by atoms with Crippen LogP contribution in [0.15, 0.2) is 64.7 Å². The summed E-state index contributed by atoms with van der Waals surface area (Å²) < 4.78 is 43.7. The lowest BCUT2D eigenvalue weighted by atomic mass is 10.2. The predicted molar refractivity (Wildman–Crippen MR) is 124 cm³/mol. The molecule has 1 aliphatic rings. The van der Waals surface area contributed by atoms with Gasteiger partial charge in [-0.15, -0.1) is 13.2 Å². The van der Waals surface area contributed by atoms with Crippen LogP contribution in [-0.2, 0) is 4.79 Å². The van der Waals surface area contributed by atoms with E-state index in [4.69, 9.17) is 11.6 Å². The fourth-order valence-electron chi connectivity index (χ4n) is 3.72. The number of alkyl halides is 3.